The highest BCUT2D eigenvalue weighted by Gasteiger charge is 2.33. The fraction of sp³-hybridized carbons (Fsp3) is 0.933. The third-order valence-corrected chi connectivity index (χ3v) is 3.91. The summed E-state index contributed by atoms with van der Waals surface area (Å²) in [4.78, 5) is 13.8. The van der Waals surface area contributed by atoms with Gasteiger partial charge in [0.05, 0.1) is 12.7 Å². The number of morpholine rings is 1. The third kappa shape index (κ3) is 5.38. The summed E-state index contributed by atoms with van der Waals surface area (Å²) in [5.74, 6) is -0.764. The van der Waals surface area contributed by atoms with Gasteiger partial charge in [-0.25, -0.2) is 0 Å². The first-order valence-corrected chi connectivity index (χ1v) is 7.72. The maximum absolute atomic E-state index is 11.4. The Kier molecular flexibility index (Phi) is 6.92. The smallest absolute Gasteiger partial charge is 0.323 e. The second-order valence-electron chi connectivity index (χ2n) is 6.24. The van der Waals surface area contributed by atoms with Gasteiger partial charge in [0.15, 0.2) is 0 Å². The molecule has 1 aliphatic rings. The van der Waals surface area contributed by atoms with E-state index >= 15 is 0 Å². The largest absolute Gasteiger partial charge is 0.480 e. The SMILES string of the molecule is CCC1CN(CCCC(C)(NC(C)C)C(=O)O)CCO1. The van der Waals surface area contributed by atoms with Crippen LogP contribution in [0.15, 0.2) is 0 Å². The Morgan fingerprint density at radius 2 is 2.25 bits per heavy atom. The summed E-state index contributed by atoms with van der Waals surface area (Å²) >= 11 is 0. The topological polar surface area (TPSA) is 61.8 Å². The minimum atomic E-state index is -0.829. The number of nitrogens with zero attached hydrogens (tertiary/aromatic N) is 1. The molecule has 2 N–H and O–H groups in total. The fourth-order valence-corrected chi connectivity index (χ4v) is 2.76. The van der Waals surface area contributed by atoms with Gasteiger partial charge >= 0.3 is 5.97 Å². The van der Waals surface area contributed by atoms with Crippen molar-refractivity contribution in [2.24, 2.45) is 0 Å². The van der Waals surface area contributed by atoms with Crippen LogP contribution in [0.3, 0.4) is 0 Å². The van der Waals surface area contributed by atoms with Crippen LogP contribution in [0.5, 0.6) is 0 Å². The third-order valence-electron chi connectivity index (χ3n) is 3.91. The van der Waals surface area contributed by atoms with E-state index in [2.05, 4.69) is 17.1 Å². The zero-order valence-corrected chi connectivity index (χ0v) is 13.3. The average Bonchev–Trinajstić information content (AvgIpc) is 2.38. The van der Waals surface area contributed by atoms with Crippen molar-refractivity contribution in [1.29, 1.82) is 0 Å². The van der Waals surface area contributed by atoms with Crippen molar-refractivity contribution in [2.45, 2.75) is 64.6 Å². The van der Waals surface area contributed by atoms with Gasteiger partial charge in [-0.2, -0.15) is 0 Å². The van der Waals surface area contributed by atoms with Gasteiger partial charge in [-0.05, 0) is 46.6 Å². The predicted octanol–water partition coefficient (Wildman–Crippen LogP) is 1.72. The van der Waals surface area contributed by atoms with Crippen LogP contribution in [0.1, 0.15) is 47.0 Å². The van der Waals surface area contributed by atoms with Gasteiger partial charge in [-0.1, -0.05) is 6.92 Å². The Balaban J connectivity index is 2.38. The summed E-state index contributed by atoms with van der Waals surface area (Å²) in [6.45, 7) is 11.5. The number of carboxylic acids is 1. The standard InChI is InChI=1S/C15H30N2O3/c1-5-13-11-17(9-10-20-13)8-6-7-15(4,14(18)19)16-12(2)3/h12-13,16H,5-11H2,1-4H3,(H,18,19). The van der Waals surface area contributed by atoms with E-state index < -0.39 is 11.5 Å². The van der Waals surface area contributed by atoms with Crippen molar-refractivity contribution < 1.29 is 14.6 Å². The van der Waals surface area contributed by atoms with Gasteiger partial charge in [0.25, 0.3) is 0 Å². The Morgan fingerprint density at radius 1 is 1.55 bits per heavy atom. The Labute approximate surface area is 122 Å². The summed E-state index contributed by atoms with van der Waals surface area (Å²) in [6, 6.07) is 0.170. The molecule has 2 atom stereocenters. The van der Waals surface area contributed by atoms with Gasteiger partial charge < -0.3 is 9.84 Å². The fourth-order valence-electron chi connectivity index (χ4n) is 2.76. The Bertz CT molecular complexity index is 309. The zero-order chi connectivity index (χ0) is 15.2. The highest BCUT2D eigenvalue weighted by Crippen LogP contribution is 2.16. The normalized spacial score (nSPS) is 23.8. The molecule has 1 saturated heterocycles. The van der Waals surface area contributed by atoms with Gasteiger partial charge in [0.2, 0.25) is 0 Å². The molecule has 0 spiro atoms. The number of carboxylic acid groups (broad SMARTS) is 1. The van der Waals surface area contributed by atoms with Crippen LogP contribution in [-0.2, 0) is 9.53 Å². The molecule has 0 radical (unpaired) electrons. The Hall–Kier alpha value is -0.650. The average molecular weight is 286 g/mol. The minimum absolute atomic E-state index is 0.170. The number of nitrogens with one attached hydrogen (secondary N) is 1. The Morgan fingerprint density at radius 3 is 2.80 bits per heavy atom. The first kappa shape index (κ1) is 17.4. The van der Waals surface area contributed by atoms with Crippen molar-refractivity contribution in [1.82, 2.24) is 10.2 Å². The first-order chi connectivity index (χ1) is 9.37. The van der Waals surface area contributed by atoms with Gasteiger partial charge in [0, 0.05) is 19.1 Å². The van der Waals surface area contributed by atoms with Crippen molar-refractivity contribution in [3.8, 4) is 0 Å². The van der Waals surface area contributed by atoms with E-state index in [1.165, 1.54) is 0 Å². The molecule has 118 valence electrons. The van der Waals surface area contributed by atoms with Crippen LogP contribution in [0.2, 0.25) is 0 Å². The molecular weight excluding hydrogens is 256 g/mol. The van der Waals surface area contributed by atoms with Crippen LogP contribution < -0.4 is 5.32 Å². The molecule has 0 saturated carbocycles. The van der Waals surface area contributed by atoms with Crippen LogP contribution in [0.4, 0.5) is 0 Å². The highest BCUT2D eigenvalue weighted by molar-refractivity contribution is 5.78. The highest BCUT2D eigenvalue weighted by atomic mass is 16.5. The van der Waals surface area contributed by atoms with Crippen molar-refractivity contribution in [3.05, 3.63) is 0 Å². The zero-order valence-electron chi connectivity index (χ0n) is 13.3. The van der Waals surface area contributed by atoms with Gasteiger partial charge in [0.1, 0.15) is 5.54 Å². The summed E-state index contributed by atoms with van der Waals surface area (Å²) in [5.41, 5.74) is -0.829. The maximum atomic E-state index is 11.4. The number of aliphatic carboxylic acids is 1. The predicted molar refractivity (Wildman–Crippen MR) is 80.0 cm³/mol. The second kappa shape index (κ2) is 7.96. The van der Waals surface area contributed by atoms with E-state index in [0.29, 0.717) is 12.5 Å². The molecule has 1 heterocycles. The lowest BCUT2D eigenvalue weighted by atomic mass is 9.94. The molecule has 5 heteroatoms. The quantitative estimate of drug-likeness (QED) is 0.711. The van der Waals surface area contributed by atoms with Crippen LogP contribution in [0.25, 0.3) is 0 Å². The molecule has 0 bridgehead atoms. The van der Waals surface area contributed by atoms with E-state index in [4.69, 9.17) is 4.74 Å². The molecule has 20 heavy (non-hydrogen) atoms. The number of ether oxygens (including phenoxy) is 1. The second-order valence-corrected chi connectivity index (χ2v) is 6.24. The van der Waals surface area contributed by atoms with Crippen molar-refractivity contribution in [3.63, 3.8) is 0 Å². The van der Waals surface area contributed by atoms with Gasteiger partial charge in [-0.3, -0.25) is 15.0 Å². The lowest BCUT2D eigenvalue weighted by Crippen LogP contribution is -2.52. The van der Waals surface area contributed by atoms with E-state index in [-0.39, 0.29) is 6.04 Å². The number of hydrogen-bond acceptors (Lipinski definition) is 4. The molecule has 1 rings (SSSR count). The first-order valence-electron chi connectivity index (χ1n) is 7.72. The lowest BCUT2D eigenvalue weighted by molar-refractivity contribution is -0.144. The van der Waals surface area contributed by atoms with Gasteiger partial charge in [-0.15, -0.1) is 0 Å². The molecule has 0 aromatic rings. The lowest BCUT2D eigenvalue weighted by Gasteiger charge is -2.34. The van der Waals surface area contributed by atoms with Crippen LogP contribution >= 0.6 is 0 Å². The van der Waals surface area contributed by atoms with E-state index in [9.17, 15) is 9.90 Å². The molecule has 1 fully saturated rings. The molecule has 1 aliphatic heterocycles. The summed E-state index contributed by atoms with van der Waals surface area (Å²) in [7, 11) is 0. The number of rotatable bonds is 8. The summed E-state index contributed by atoms with van der Waals surface area (Å²) in [5, 5.41) is 12.6. The molecule has 0 aromatic heterocycles. The van der Waals surface area contributed by atoms with E-state index in [1.54, 1.807) is 6.92 Å². The number of carbonyl (C=O) groups is 1. The molecule has 5 nitrogen and oxygen atoms in total. The van der Waals surface area contributed by atoms with E-state index in [1.807, 2.05) is 13.8 Å². The van der Waals surface area contributed by atoms with E-state index in [0.717, 1.165) is 39.1 Å². The summed E-state index contributed by atoms with van der Waals surface area (Å²) < 4.78 is 5.65. The number of hydrogen-bond donors (Lipinski definition) is 2. The molecular formula is C15H30N2O3. The maximum Gasteiger partial charge on any atom is 0.323 e. The molecule has 2 unspecified atom stereocenters. The van der Waals surface area contributed by atoms with Crippen molar-refractivity contribution in [2.75, 3.05) is 26.2 Å². The molecule has 0 aromatic carbocycles. The molecule has 0 amide bonds. The minimum Gasteiger partial charge on any atom is -0.480 e. The van der Waals surface area contributed by atoms with Crippen LogP contribution in [-0.4, -0.2) is 59.9 Å². The van der Waals surface area contributed by atoms with Crippen molar-refractivity contribution >= 4 is 5.97 Å². The van der Waals surface area contributed by atoms with Crippen LogP contribution in [0, 0.1) is 0 Å². The summed E-state index contributed by atoms with van der Waals surface area (Å²) in [6.07, 6.45) is 2.91. The molecule has 0 aliphatic carbocycles. The monoisotopic (exact) mass is 286 g/mol.